The van der Waals surface area contributed by atoms with Crippen LogP contribution in [0.25, 0.3) is 0 Å². The average molecular weight is 282 g/mol. The van der Waals surface area contributed by atoms with Gasteiger partial charge in [0.15, 0.2) is 0 Å². The van der Waals surface area contributed by atoms with Crippen molar-refractivity contribution in [2.75, 3.05) is 6.54 Å². The molecule has 2 atom stereocenters. The van der Waals surface area contributed by atoms with E-state index in [0.29, 0.717) is 6.42 Å². The first-order valence-corrected chi connectivity index (χ1v) is 8.22. The van der Waals surface area contributed by atoms with E-state index in [-0.39, 0.29) is 23.9 Å². The largest absolute Gasteiger partial charge is 0.343 e. The summed E-state index contributed by atoms with van der Waals surface area (Å²) >= 11 is 0. The second-order valence-corrected chi connectivity index (χ2v) is 5.80. The fourth-order valence-electron chi connectivity index (χ4n) is 2.71. The predicted octanol–water partition coefficient (Wildman–Crippen LogP) is 2.86. The third-order valence-electron chi connectivity index (χ3n) is 4.16. The van der Waals surface area contributed by atoms with Crippen molar-refractivity contribution in [1.29, 1.82) is 0 Å². The van der Waals surface area contributed by atoms with E-state index in [9.17, 15) is 9.59 Å². The van der Waals surface area contributed by atoms with Crippen LogP contribution in [0.3, 0.4) is 0 Å². The van der Waals surface area contributed by atoms with Gasteiger partial charge in [0.25, 0.3) is 0 Å². The van der Waals surface area contributed by atoms with Gasteiger partial charge in [-0.3, -0.25) is 9.59 Å². The van der Waals surface area contributed by atoms with Crippen molar-refractivity contribution in [3.63, 3.8) is 0 Å². The first-order valence-electron chi connectivity index (χ1n) is 8.22. The summed E-state index contributed by atoms with van der Waals surface area (Å²) in [7, 11) is 0. The van der Waals surface area contributed by atoms with E-state index >= 15 is 0 Å². The average Bonchev–Trinajstić information content (AvgIpc) is 2.45. The van der Waals surface area contributed by atoms with Gasteiger partial charge in [-0.05, 0) is 19.8 Å². The fraction of sp³-hybridized carbons (Fsp3) is 0.875. The van der Waals surface area contributed by atoms with Gasteiger partial charge >= 0.3 is 0 Å². The van der Waals surface area contributed by atoms with Gasteiger partial charge in [0.1, 0.15) is 12.1 Å². The molecule has 0 aliphatic carbocycles. The topological polar surface area (TPSA) is 49.4 Å². The van der Waals surface area contributed by atoms with Gasteiger partial charge in [-0.15, -0.1) is 0 Å². The summed E-state index contributed by atoms with van der Waals surface area (Å²) < 4.78 is 0. The van der Waals surface area contributed by atoms with Crippen LogP contribution in [-0.2, 0) is 9.59 Å². The van der Waals surface area contributed by atoms with Crippen molar-refractivity contribution in [1.82, 2.24) is 10.2 Å². The summed E-state index contributed by atoms with van der Waals surface area (Å²) in [5, 5.41) is 2.79. The van der Waals surface area contributed by atoms with Crippen LogP contribution in [0.5, 0.6) is 0 Å². The molecule has 116 valence electrons. The summed E-state index contributed by atoms with van der Waals surface area (Å²) in [6.45, 7) is 6.70. The molecule has 1 rings (SSSR count). The van der Waals surface area contributed by atoms with Crippen LogP contribution in [0.4, 0.5) is 0 Å². The van der Waals surface area contributed by atoms with E-state index in [0.717, 1.165) is 19.4 Å². The molecule has 1 aliphatic heterocycles. The highest BCUT2D eigenvalue weighted by molar-refractivity contribution is 5.96. The third-order valence-corrected chi connectivity index (χ3v) is 4.16. The molecule has 1 N–H and O–H groups in total. The minimum absolute atomic E-state index is 0.0144. The number of carbonyl (C=O) groups is 2. The predicted molar refractivity (Wildman–Crippen MR) is 81.4 cm³/mol. The number of nitrogens with one attached hydrogen (secondary N) is 1. The Kier molecular flexibility index (Phi) is 7.63. The lowest BCUT2D eigenvalue weighted by Gasteiger charge is -2.37. The Morgan fingerprint density at radius 2 is 1.60 bits per heavy atom. The number of amides is 2. The van der Waals surface area contributed by atoms with E-state index in [2.05, 4.69) is 12.2 Å². The van der Waals surface area contributed by atoms with Crippen LogP contribution in [0, 0.1) is 0 Å². The summed E-state index contributed by atoms with van der Waals surface area (Å²) in [5.74, 6) is 0.0741. The minimum Gasteiger partial charge on any atom is -0.343 e. The highest BCUT2D eigenvalue weighted by atomic mass is 16.2. The highest BCUT2D eigenvalue weighted by Crippen LogP contribution is 2.14. The Balaban J connectivity index is 2.29. The molecule has 1 heterocycles. The van der Waals surface area contributed by atoms with E-state index in [1.165, 1.54) is 32.1 Å². The molecule has 4 heteroatoms. The van der Waals surface area contributed by atoms with Crippen molar-refractivity contribution in [3.05, 3.63) is 0 Å². The lowest BCUT2D eigenvalue weighted by atomic mass is 10.0. The smallest absolute Gasteiger partial charge is 0.245 e. The maximum atomic E-state index is 12.2. The number of rotatable bonds is 9. The zero-order valence-corrected chi connectivity index (χ0v) is 13.3. The molecule has 4 nitrogen and oxygen atoms in total. The van der Waals surface area contributed by atoms with Crippen molar-refractivity contribution in [3.8, 4) is 0 Å². The summed E-state index contributed by atoms with van der Waals surface area (Å²) in [4.78, 5) is 25.8. The van der Waals surface area contributed by atoms with E-state index in [1.807, 2.05) is 13.8 Å². The zero-order chi connectivity index (χ0) is 15.0. The molecule has 1 saturated heterocycles. The van der Waals surface area contributed by atoms with Crippen molar-refractivity contribution >= 4 is 11.8 Å². The third kappa shape index (κ3) is 4.80. The molecule has 1 fully saturated rings. The lowest BCUT2D eigenvalue weighted by molar-refractivity contribution is -0.148. The summed E-state index contributed by atoms with van der Waals surface area (Å²) in [6, 6.07) is -0.631. The minimum atomic E-state index is -0.316. The molecule has 0 aromatic carbocycles. The molecule has 0 aromatic rings. The van der Waals surface area contributed by atoms with Gasteiger partial charge in [-0.25, -0.2) is 0 Å². The van der Waals surface area contributed by atoms with Crippen molar-refractivity contribution in [2.45, 2.75) is 84.2 Å². The second-order valence-electron chi connectivity index (χ2n) is 5.80. The first kappa shape index (κ1) is 17.0. The molecule has 20 heavy (non-hydrogen) atoms. The Morgan fingerprint density at radius 3 is 2.20 bits per heavy atom. The summed E-state index contributed by atoms with van der Waals surface area (Å²) in [6.07, 6.45) is 9.26. The number of hydrogen-bond donors (Lipinski definition) is 1. The Bertz CT molecular complexity index is 318. The maximum Gasteiger partial charge on any atom is 0.245 e. The standard InChI is InChI=1S/C16H30N2O2/c1-4-6-7-8-9-10-11-12-18-13(3)15(19)17-14(5-2)16(18)20/h13-14H,4-12H2,1-3H3,(H,17,19). The zero-order valence-electron chi connectivity index (χ0n) is 13.3. The quantitative estimate of drug-likeness (QED) is 0.661. The van der Waals surface area contributed by atoms with Crippen LogP contribution in [0.1, 0.15) is 72.1 Å². The van der Waals surface area contributed by atoms with Crippen molar-refractivity contribution < 1.29 is 9.59 Å². The number of carbonyl (C=O) groups excluding carboxylic acids is 2. The molecule has 0 radical (unpaired) electrons. The monoisotopic (exact) mass is 282 g/mol. The van der Waals surface area contributed by atoms with Crippen LogP contribution in [0.15, 0.2) is 0 Å². The molecule has 2 unspecified atom stereocenters. The van der Waals surface area contributed by atoms with Gasteiger partial charge in [0, 0.05) is 6.54 Å². The summed E-state index contributed by atoms with van der Waals surface area (Å²) in [5.41, 5.74) is 0. The number of piperazine rings is 1. The molecule has 0 bridgehead atoms. The number of hydrogen-bond acceptors (Lipinski definition) is 2. The number of unbranched alkanes of at least 4 members (excludes halogenated alkanes) is 6. The van der Waals surface area contributed by atoms with Crippen molar-refractivity contribution in [2.24, 2.45) is 0 Å². The molecule has 0 saturated carbocycles. The maximum absolute atomic E-state index is 12.2. The van der Waals surface area contributed by atoms with Gasteiger partial charge in [0.2, 0.25) is 11.8 Å². The van der Waals surface area contributed by atoms with E-state index < -0.39 is 0 Å². The van der Waals surface area contributed by atoms with E-state index in [1.54, 1.807) is 4.90 Å². The molecule has 0 spiro atoms. The Morgan fingerprint density at radius 1 is 1.00 bits per heavy atom. The SMILES string of the molecule is CCCCCCCCCN1C(=O)C(CC)NC(=O)C1C. The first-order chi connectivity index (χ1) is 9.61. The van der Waals surface area contributed by atoms with Crippen LogP contribution >= 0.6 is 0 Å². The Hall–Kier alpha value is -1.06. The molecule has 1 aliphatic rings. The molecule has 0 aromatic heterocycles. The second kappa shape index (κ2) is 8.98. The van der Waals surface area contributed by atoms with Crippen LogP contribution in [-0.4, -0.2) is 35.3 Å². The highest BCUT2D eigenvalue weighted by Gasteiger charge is 2.36. The van der Waals surface area contributed by atoms with Gasteiger partial charge in [-0.1, -0.05) is 52.4 Å². The van der Waals surface area contributed by atoms with Gasteiger partial charge in [-0.2, -0.15) is 0 Å². The van der Waals surface area contributed by atoms with Crippen LogP contribution < -0.4 is 5.32 Å². The van der Waals surface area contributed by atoms with E-state index in [4.69, 9.17) is 0 Å². The molecular formula is C16H30N2O2. The molecular weight excluding hydrogens is 252 g/mol. The Labute approximate surface area is 123 Å². The number of nitrogens with zero attached hydrogens (tertiary/aromatic N) is 1. The van der Waals surface area contributed by atoms with Gasteiger partial charge < -0.3 is 10.2 Å². The van der Waals surface area contributed by atoms with Crippen LogP contribution in [0.2, 0.25) is 0 Å². The normalized spacial score (nSPS) is 23.1. The lowest BCUT2D eigenvalue weighted by Crippen LogP contribution is -2.62. The fourth-order valence-corrected chi connectivity index (χ4v) is 2.71. The molecule has 2 amide bonds. The van der Waals surface area contributed by atoms with Gasteiger partial charge in [0.05, 0.1) is 0 Å².